The second-order valence-corrected chi connectivity index (χ2v) is 11.1. The summed E-state index contributed by atoms with van der Waals surface area (Å²) in [5.41, 5.74) is -0.529. The smallest absolute Gasteiger partial charge is 0.246 e. The van der Waals surface area contributed by atoms with Gasteiger partial charge in [0.05, 0.1) is 11.5 Å². The minimum atomic E-state index is -1.07. The minimum absolute atomic E-state index is 0.0429. The summed E-state index contributed by atoms with van der Waals surface area (Å²) < 4.78 is 19.4. The van der Waals surface area contributed by atoms with Gasteiger partial charge in [-0.3, -0.25) is 9.59 Å². The van der Waals surface area contributed by atoms with E-state index in [-0.39, 0.29) is 47.9 Å². The number of amides is 2. The summed E-state index contributed by atoms with van der Waals surface area (Å²) >= 11 is 5.92. The molecule has 4 saturated carbocycles. The molecule has 9 heteroatoms. The third-order valence-corrected chi connectivity index (χ3v) is 8.65. The van der Waals surface area contributed by atoms with Crippen LogP contribution in [0.4, 0.5) is 4.39 Å². The van der Waals surface area contributed by atoms with E-state index in [1.165, 1.54) is 0 Å². The van der Waals surface area contributed by atoms with Crippen LogP contribution in [0.5, 0.6) is 0 Å². The van der Waals surface area contributed by atoms with E-state index in [0.717, 1.165) is 51.6 Å². The Bertz CT molecular complexity index is 664. The molecular formula is C23H38ClFN4O3. The van der Waals surface area contributed by atoms with E-state index >= 15 is 0 Å². The molecule has 0 radical (unpaired) electrons. The SMILES string of the molecule is CC1CNC(CNC(=O)C23CCC(NC(=O)COC4CCC(Cl)C(F)C4)(CC2)CC3)CN1. The zero-order valence-electron chi connectivity index (χ0n) is 19.1. The number of nitrogens with one attached hydrogen (secondary N) is 4. The maximum absolute atomic E-state index is 13.8. The van der Waals surface area contributed by atoms with E-state index in [1.807, 2.05) is 0 Å². The van der Waals surface area contributed by atoms with Crippen molar-refractivity contribution >= 4 is 23.4 Å². The molecule has 5 aliphatic rings. The van der Waals surface area contributed by atoms with Gasteiger partial charge < -0.3 is 26.0 Å². The maximum Gasteiger partial charge on any atom is 0.246 e. The van der Waals surface area contributed by atoms with Crippen molar-refractivity contribution in [1.82, 2.24) is 21.3 Å². The van der Waals surface area contributed by atoms with Crippen molar-refractivity contribution < 1.29 is 18.7 Å². The number of carbonyl (C=O) groups excluding carboxylic acids is 2. The zero-order valence-corrected chi connectivity index (χ0v) is 19.8. The van der Waals surface area contributed by atoms with Crippen LogP contribution in [-0.2, 0) is 14.3 Å². The van der Waals surface area contributed by atoms with E-state index in [1.54, 1.807) is 0 Å². The van der Waals surface area contributed by atoms with Gasteiger partial charge in [-0.2, -0.15) is 0 Å². The fraction of sp³-hybridized carbons (Fsp3) is 0.913. The minimum Gasteiger partial charge on any atom is -0.368 e. The number of hydrogen-bond acceptors (Lipinski definition) is 5. The molecule has 7 nitrogen and oxygen atoms in total. The highest BCUT2D eigenvalue weighted by molar-refractivity contribution is 6.21. The van der Waals surface area contributed by atoms with Gasteiger partial charge in [0.2, 0.25) is 11.8 Å². The highest BCUT2D eigenvalue weighted by Crippen LogP contribution is 2.52. The van der Waals surface area contributed by atoms with Crippen LogP contribution in [0.1, 0.15) is 64.7 Å². The summed E-state index contributed by atoms with van der Waals surface area (Å²) in [7, 11) is 0. The number of ether oxygens (including phenoxy) is 1. The Morgan fingerprint density at radius 3 is 2.44 bits per heavy atom. The molecule has 0 aromatic heterocycles. The fourth-order valence-electron chi connectivity index (χ4n) is 5.81. The zero-order chi connectivity index (χ0) is 22.8. The lowest BCUT2D eigenvalue weighted by molar-refractivity contribution is -0.141. The van der Waals surface area contributed by atoms with Gasteiger partial charge >= 0.3 is 0 Å². The molecular weight excluding hydrogens is 435 g/mol. The average molecular weight is 473 g/mol. The van der Waals surface area contributed by atoms with Crippen LogP contribution in [0.2, 0.25) is 0 Å². The Morgan fingerprint density at radius 2 is 1.81 bits per heavy atom. The largest absolute Gasteiger partial charge is 0.368 e. The lowest BCUT2D eigenvalue weighted by atomic mass is 9.57. The van der Waals surface area contributed by atoms with Gasteiger partial charge in [0.15, 0.2) is 0 Å². The fourth-order valence-corrected chi connectivity index (χ4v) is 6.04. The van der Waals surface area contributed by atoms with Crippen LogP contribution in [0.15, 0.2) is 0 Å². The number of halogens is 2. The molecule has 32 heavy (non-hydrogen) atoms. The van der Waals surface area contributed by atoms with Gasteiger partial charge in [-0.25, -0.2) is 4.39 Å². The van der Waals surface area contributed by atoms with Gasteiger partial charge in [0.1, 0.15) is 12.8 Å². The first-order valence-corrected chi connectivity index (χ1v) is 12.7. The van der Waals surface area contributed by atoms with Crippen LogP contribution in [0.25, 0.3) is 0 Å². The second-order valence-electron chi connectivity index (χ2n) is 10.5. The van der Waals surface area contributed by atoms with Crippen molar-refractivity contribution in [1.29, 1.82) is 0 Å². The molecule has 1 heterocycles. The molecule has 4 aliphatic carbocycles. The van der Waals surface area contributed by atoms with Crippen molar-refractivity contribution in [2.45, 2.75) is 100.0 Å². The standard InChI is InChI=1S/C23H38ClFN4O3/c1-15-11-27-16(12-26-15)13-28-21(31)22-4-7-23(8-5-22,9-6-22)29-20(30)14-32-17-2-3-18(24)19(25)10-17/h15-19,26-27H,2-14H2,1H3,(H,28,31)(H,29,30). The van der Waals surface area contributed by atoms with Gasteiger partial charge in [0, 0.05) is 49.1 Å². The number of rotatable bonds is 7. The summed E-state index contributed by atoms with van der Waals surface area (Å²) in [6, 6.07) is 0.733. The molecule has 4 N–H and O–H groups in total. The summed E-state index contributed by atoms with van der Waals surface area (Å²) in [6.07, 6.45) is 5.08. The molecule has 2 amide bonds. The summed E-state index contributed by atoms with van der Waals surface area (Å²) in [5.74, 6) is 0.0221. The van der Waals surface area contributed by atoms with E-state index in [0.29, 0.717) is 25.4 Å². The van der Waals surface area contributed by atoms with Crippen LogP contribution in [-0.4, -0.2) is 73.3 Å². The van der Waals surface area contributed by atoms with Crippen molar-refractivity contribution in [3.05, 3.63) is 0 Å². The van der Waals surface area contributed by atoms with Crippen LogP contribution in [0, 0.1) is 5.41 Å². The normalized spacial score (nSPS) is 41.8. The monoisotopic (exact) mass is 472 g/mol. The van der Waals surface area contributed by atoms with Gasteiger partial charge in [-0.1, -0.05) is 0 Å². The second kappa shape index (κ2) is 10.1. The summed E-state index contributed by atoms with van der Waals surface area (Å²) in [5, 5.41) is 12.8. The first-order valence-electron chi connectivity index (χ1n) is 12.3. The molecule has 5 fully saturated rings. The molecule has 5 unspecified atom stereocenters. The van der Waals surface area contributed by atoms with Crippen molar-refractivity contribution in [3.8, 4) is 0 Å². The lowest BCUT2D eigenvalue weighted by Crippen LogP contribution is -2.61. The number of carbonyl (C=O) groups is 2. The molecule has 0 spiro atoms. The predicted molar refractivity (Wildman–Crippen MR) is 121 cm³/mol. The van der Waals surface area contributed by atoms with Crippen molar-refractivity contribution in [2.75, 3.05) is 26.2 Å². The summed E-state index contributed by atoms with van der Waals surface area (Å²) in [6.45, 7) is 4.53. The first-order chi connectivity index (χ1) is 15.3. The van der Waals surface area contributed by atoms with E-state index in [4.69, 9.17) is 16.3 Å². The molecule has 182 valence electrons. The quantitative estimate of drug-likeness (QED) is 0.424. The first kappa shape index (κ1) is 24.2. The Balaban J connectivity index is 1.19. The third kappa shape index (κ3) is 5.57. The van der Waals surface area contributed by atoms with Crippen molar-refractivity contribution in [2.24, 2.45) is 5.41 Å². The number of hydrogen-bond donors (Lipinski definition) is 4. The highest BCUT2D eigenvalue weighted by atomic mass is 35.5. The lowest BCUT2D eigenvalue weighted by Gasteiger charge is -2.52. The highest BCUT2D eigenvalue weighted by Gasteiger charge is 2.52. The van der Waals surface area contributed by atoms with E-state index in [9.17, 15) is 14.0 Å². The molecule has 0 aromatic carbocycles. The maximum atomic E-state index is 13.8. The Labute approximate surface area is 195 Å². The van der Waals surface area contributed by atoms with Crippen LogP contribution in [0.3, 0.4) is 0 Å². The summed E-state index contributed by atoms with van der Waals surface area (Å²) in [4.78, 5) is 25.6. The van der Waals surface area contributed by atoms with Crippen LogP contribution < -0.4 is 21.3 Å². The Hall–Kier alpha value is -0.960. The molecule has 1 saturated heterocycles. The van der Waals surface area contributed by atoms with Crippen molar-refractivity contribution in [3.63, 3.8) is 0 Å². The van der Waals surface area contributed by atoms with Crippen LogP contribution >= 0.6 is 11.6 Å². The third-order valence-electron chi connectivity index (χ3n) is 8.16. The average Bonchev–Trinajstić information content (AvgIpc) is 2.80. The molecule has 5 rings (SSSR count). The van der Waals surface area contributed by atoms with Gasteiger partial charge in [-0.05, 0) is 58.3 Å². The Morgan fingerprint density at radius 1 is 1.09 bits per heavy atom. The molecule has 0 aromatic rings. The van der Waals surface area contributed by atoms with Gasteiger partial charge in [0.25, 0.3) is 0 Å². The molecule has 2 bridgehead atoms. The van der Waals surface area contributed by atoms with E-state index in [2.05, 4.69) is 28.2 Å². The van der Waals surface area contributed by atoms with Gasteiger partial charge in [-0.15, -0.1) is 11.6 Å². The predicted octanol–water partition coefficient (Wildman–Crippen LogP) is 1.78. The number of fused-ring (bicyclic) bond motifs is 3. The molecule has 5 atom stereocenters. The van der Waals surface area contributed by atoms with E-state index < -0.39 is 11.5 Å². The molecule has 1 aliphatic heterocycles. The number of alkyl halides is 2. The number of piperazine rings is 1. The Kier molecular flexibility index (Phi) is 7.64. The topological polar surface area (TPSA) is 91.5 Å².